The SMILES string of the molecule is CNCC1(CC=O)CN(Cc2cn(C)c3nc(-c4cccc(-c5cccc(-c6cnc(CN7CC8(CNC(=O)C8)C7)c(OC)n6)c5Cl)c4Cl)ccc23)C1. The smallest absolute Gasteiger partial charge is 0.237 e. The number of aldehydes is 1. The summed E-state index contributed by atoms with van der Waals surface area (Å²) in [6.07, 6.45) is 6.06. The van der Waals surface area contributed by atoms with E-state index in [-0.39, 0.29) is 16.7 Å². The van der Waals surface area contributed by atoms with E-state index in [0.29, 0.717) is 46.6 Å². The van der Waals surface area contributed by atoms with Crippen LogP contribution in [0.5, 0.6) is 5.88 Å². The van der Waals surface area contributed by atoms with E-state index in [1.165, 1.54) is 5.56 Å². The van der Waals surface area contributed by atoms with Gasteiger partial charge in [0.2, 0.25) is 11.8 Å². The Kier molecular flexibility index (Phi) is 9.49. The summed E-state index contributed by atoms with van der Waals surface area (Å²) >= 11 is 14.3. The van der Waals surface area contributed by atoms with Gasteiger partial charge in [0.15, 0.2) is 0 Å². The zero-order chi connectivity index (χ0) is 36.9. The number of benzene rings is 2. The molecule has 0 unspecified atom stereocenters. The number of nitrogens with zero attached hydrogens (tertiary/aromatic N) is 6. The van der Waals surface area contributed by atoms with Crippen LogP contribution in [0.2, 0.25) is 10.0 Å². The van der Waals surface area contributed by atoms with Crippen LogP contribution in [0.15, 0.2) is 60.9 Å². The van der Waals surface area contributed by atoms with Crippen molar-refractivity contribution in [2.24, 2.45) is 17.9 Å². The second kappa shape index (κ2) is 14.1. The number of aryl methyl sites for hydroxylation is 1. The Morgan fingerprint density at radius 1 is 0.925 bits per heavy atom. The minimum atomic E-state index is 0.0114. The number of hydrogen-bond donors (Lipinski definition) is 2. The Balaban J connectivity index is 1.03. The van der Waals surface area contributed by atoms with Crippen molar-refractivity contribution in [1.82, 2.24) is 40.0 Å². The second-order valence-electron chi connectivity index (χ2n) is 15.0. The molecule has 0 aliphatic carbocycles. The number of pyridine rings is 1. The molecule has 53 heavy (non-hydrogen) atoms. The minimum Gasteiger partial charge on any atom is -0.480 e. The van der Waals surface area contributed by atoms with Crippen molar-refractivity contribution in [3.63, 3.8) is 0 Å². The number of halogens is 2. The first-order valence-electron chi connectivity index (χ1n) is 17.9. The standard InChI is InChI=1S/C40H42Cl2N8O3/c1-43-19-39(12-13-51)21-49(22-39)17-25-16-48(2)37-26(25)10-11-31(46-37)29-8-4-6-27(35(29)41)28-7-5-9-30(36(28)42)32-15-44-33(38(47-32)53-3)18-50-23-40(24-50)14-34(52)45-20-40/h4-11,13,15-16,43H,12,14,17-24H2,1-3H3,(H,45,52). The number of methoxy groups -OCH3 is 1. The Bertz CT molecular complexity index is 2230. The van der Waals surface area contributed by atoms with Crippen molar-refractivity contribution in [3.8, 4) is 39.5 Å². The zero-order valence-electron chi connectivity index (χ0n) is 30.1. The molecule has 3 aliphatic rings. The number of likely N-dealkylation sites (tertiary alicyclic amines) is 2. The largest absolute Gasteiger partial charge is 0.480 e. The van der Waals surface area contributed by atoms with Crippen LogP contribution < -0.4 is 15.4 Å². The fourth-order valence-electron chi connectivity index (χ4n) is 8.60. The van der Waals surface area contributed by atoms with Crippen molar-refractivity contribution in [3.05, 3.63) is 82.2 Å². The highest BCUT2D eigenvalue weighted by atomic mass is 35.5. The lowest BCUT2D eigenvalue weighted by molar-refractivity contribution is -0.120. The number of amides is 1. The number of fused-ring (bicyclic) bond motifs is 1. The van der Waals surface area contributed by atoms with Crippen LogP contribution in [-0.2, 0) is 29.7 Å². The fraction of sp³-hybridized carbons (Fsp3) is 0.375. The molecule has 3 fully saturated rings. The maximum atomic E-state index is 11.8. The highest BCUT2D eigenvalue weighted by molar-refractivity contribution is 6.39. The van der Waals surface area contributed by atoms with Crippen LogP contribution in [0, 0.1) is 10.8 Å². The highest BCUT2D eigenvalue weighted by Gasteiger charge is 2.48. The number of ether oxygens (including phenoxy) is 1. The fourth-order valence-corrected chi connectivity index (χ4v) is 9.25. The van der Waals surface area contributed by atoms with Gasteiger partial charge in [-0.05, 0) is 24.7 Å². The lowest BCUT2D eigenvalue weighted by Crippen LogP contribution is -2.59. The molecule has 1 spiro atoms. The molecule has 274 valence electrons. The first-order valence-corrected chi connectivity index (χ1v) is 18.6. The molecule has 0 saturated carbocycles. The summed E-state index contributed by atoms with van der Waals surface area (Å²) in [6, 6.07) is 15.9. The van der Waals surface area contributed by atoms with Crippen molar-refractivity contribution in [2.45, 2.75) is 25.9 Å². The molecule has 11 nitrogen and oxygen atoms in total. The Labute approximate surface area is 318 Å². The molecule has 8 rings (SSSR count). The van der Waals surface area contributed by atoms with Gasteiger partial charge < -0.3 is 24.7 Å². The third-order valence-electron chi connectivity index (χ3n) is 11.0. The average Bonchev–Trinajstić information content (AvgIpc) is 3.66. The van der Waals surface area contributed by atoms with E-state index in [1.807, 2.05) is 56.6 Å². The van der Waals surface area contributed by atoms with Gasteiger partial charge in [-0.1, -0.05) is 59.6 Å². The molecule has 1 amide bonds. The van der Waals surface area contributed by atoms with Crippen molar-refractivity contribution in [1.29, 1.82) is 0 Å². The van der Waals surface area contributed by atoms with E-state index >= 15 is 0 Å². The molecule has 3 aliphatic heterocycles. The van der Waals surface area contributed by atoms with Crippen LogP contribution in [0.4, 0.5) is 0 Å². The van der Waals surface area contributed by atoms with E-state index < -0.39 is 0 Å². The van der Waals surface area contributed by atoms with Crippen molar-refractivity contribution >= 4 is 46.4 Å². The summed E-state index contributed by atoms with van der Waals surface area (Å²) < 4.78 is 7.75. The maximum Gasteiger partial charge on any atom is 0.237 e. The first kappa shape index (κ1) is 35.6. The summed E-state index contributed by atoms with van der Waals surface area (Å²) in [4.78, 5) is 42.4. The van der Waals surface area contributed by atoms with Gasteiger partial charge in [0.25, 0.3) is 0 Å². The number of nitrogens with one attached hydrogen (secondary N) is 2. The van der Waals surface area contributed by atoms with Gasteiger partial charge >= 0.3 is 0 Å². The van der Waals surface area contributed by atoms with Gasteiger partial charge in [0.05, 0.1) is 34.7 Å². The third-order valence-corrected chi connectivity index (χ3v) is 11.8. The number of rotatable bonds is 12. The summed E-state index contributed by atoms with van der Waals surface area (Å²) in [5.41, 5.74) is 7.30. The van der Waals surface area contributed by atoms with E-state index in [9.17, 15) is 9.59 Å². The van der Waals surface area contributed by atoms with Gasteiger partial charge in [0, 0.05) is 117 Å². The molecular formula is C40H42Cl2N8O3. The molecule has 5 aromatic rings. The lowest BCUT2D eigenvalue weighted by atomic mass is 9.77. The van der Waals surface area contributed by atoms with Gasteiger partial charge in [-0.25, -0.2) is 9.97 Å². The van der Waals surface area contributed by atoms with Gasteiger partial charge in [0.1, 0.15) is 17.6 Å². The maximum absolute atomic E-state index is 11.8. The van der Waals surface area contributed by atoms with Crippen LogP contribution in [-0.4, -0.2) is 94.9 Å². The highest BCUT2D eigenvalue weighted by Crippen LogP contribution is 2.43. The molecule has 13 heteroatoms. The van der Waals surface area contributed by atoms with Crippen LogP contribution in [0.1, 0.15) is 24.1 Å². The normalized spacial score (nSPS) is 17.9. The molecule has 2 aromatic carbocycles. The zero-order valence-corrected chi connectivity index (χ0v) is 31.6. The van der Waals surface area contributed by atoms with Crippen LogP contribution in [0.3, 0.4) is 0 Å². The van der Waals surface area contributed by atoms with Gasteiger partial charge in [-0.15, -0.1) is 0 Å². The minimum absolute atomic E-state index is 0.0114. The average molecular weight is 754 g/mol. The second-order valence-corrected chi connectivity index (χ2v) is 15.8. The quantitative estimate of drug-likeness (QED) is 0.157. The third kappa shape index (κ3) is 6.59. The van der Waals surface area contributed by atoms with Gasteiger partial charge in [-0.3, -0.25) is 19.6 Å². The Morgan fingerprint density at radius 3 is 2.25 bits per heavy atom. The summed E-state index contributed by atoms with van der Waals surface area (Å²) in [7, 11) is 5.55. The molecule has 3 saturated heterocycles. The van der Waals surface area contributed by atoms with E-state index in [0.717, 1.165) is 91.2 Å². The van der Waals surface area contributed by atoms with Crippen molar-refractivity contribution in [2.75, 3.05) is 53.4 Å². The Morgan fingerprint density at radius 2 is 1.60 bits per heavy atom. The predicted molar refractivity (Wildman–Crippen MR) is 207 cm³/mol. The number of aromatic nitrogens is 4. The summed E-state index contributed by atoms with van der Waals surface area (Å²) in [5, 5.41) is 8.36. The molecular weight excluding hydrogens is 711 g/mol. The predicted octanol–water partition coefficient (Wildman–Crippen LogP) is 5.61. The Hall–Kier alpha value is -4.39. The monoisotopic (exact) mass is 752 g/mol. The molecule has 6 heterocycles. The topological polar surface area (TPSA) is 118 Å². The summed E-state index contributed by atoms with van der Waals surface area (Å²) in [6.45, 7) is 6.39. The molecule has 2 N–H and O–H groups in total. The molecule has 3 aromatic heterocycles. The molecule has 0 bridgehead atoms. The van der Waals surface area contributed by atoms with E-state index in [1.54, 1.807) is 13.3 Å². The van der Waals surface area contributed by atoms with E-state index in [2.05, 4.69) is 37.3 Å². The number of carbonyl (C=O) groups excluding carboxylic acids is 2. The van der Waals surface area contributed by atoms with Crippen LogP contribution >= 0.6 is 23.2 Å². The summed E-state index contributed by atoms with van der Waals surface area (Å²) in [5.74, 6) is 0.571. The van der Waals surface area contributed by atoms with E-state index in [4.69, 9.17) is 42.9 Å². The van der Waals surface area contributed by atoms with Gasteiger partial charge in [-0.2, -0.15) is 0 Å². The lowest BCUT2D eigenvalue weighted by Gasteiger charge is -2.49. The molecule has 0 radical (unpaired) electrons. The van der Waals surface area contributed by atoms with Crippen molar-refractivity contribution < 1.29 is 14.3 Å². The number of hydrogen-bond acceptors (Lipinski definition) is 9. The number of carbonyl (C=O) groups is 2. The first-order chi connectivity index (χ1) is 25.6. The molecule has 0 atom stereocenters. The van der Waals surface area contributed by atoms with Crippen LogP contribution in [0.25, 0.3) is 44.7 Å².